The highest BCUT2D eigenvalue weighted by Gasteiger charge is 2.29. The predicted molar refractivity (Wildman–Crippen MR) is 69.0 cm³/mol. The summed E-state index contributed by atoms with van der Waals surface area (Å²) in [4.78, 5) is 9.81. The van der Waals surface area contributed by atoms with Crippen molar-refractivity contribution in [1.29, 1.82) is 0 Å². The number of nitrogens with zero attached hydrogens (tertiary/aromatic N) is 1. The summed E-state index contributed by atoms with van der Waals surface area (Å²) in [7, 11) is -3.86. The number of rotatable bonds is 5. The van der Waals surface area contributed by atoms with Crippen LogP contribution >= 0.6 is 0 Å². The SMILES string of the molecule is NC1CC(CNS(=O)(=O)c2ccccc2[N+](=O)[O-])C1. The summed E-state index contributed by atoms with van der Waals surface area (Å²) < 4.78 is 26.5. The zero-order chi connectivity index (χ0) is 14.0. The van der Waals surface area contributed by atoms with Gasteiger partial charge in [0.25, 0.3) is 5.69 Å². The van der Waals surface area contributed by atoms with Crippen molar-refractivity contribution >= 4 is 15.7 Å². The Kier molecular flexibility index (Phi) is 3.83. The maximum atomic E-state index is 12.0. The van der Waals surface area contributed by atoms with Gasteiger partial charge in [0.2, 0.25) is 10.0 Å². The number of nitrogens with two attached hydrogens (primary N) is 1. The molecule has 0 radical (unpaired) electrons. The number of benzene rings is 1. The van der Waals surface area contributed by atoms with E-state index in [1.807, 2.05) is 0 Å². The van der Waals surface area contributed by atoms with Crippen LogP contribution in [0.1, 0.15) is 12.8 Å². The maximum absolute atomic E-state index is 12.0. The average molecular weight is 285 g/mol. The predicted octanol–water partition coefficient (Wildman–Crippen LogP) is 0.610. The molecular formula is C11H15N3O4S. The first kappa shape index (κ1) is 13.9. The van der Waals surface area contributed by atoms with Crippen molar-refractivity contribution in [3.63, 3.8) is 0 Å². The lowest BCUT2D eigenvalue weighted by atomic mass is 9.81. The van der Waals surface area contributed by atoms with Crippen molar-refractivity contribution < 1.29 is 13.3 Å². The largest absolute Gasteiger partial charge is 0.328 e. The smallest absolute Gasteiger partial charge is 0.289 e. The van der Waals surface area contributed by atoms with Gasteiger partial charge in [-0.25, -0.2) is 13.1 Å². The van der Waals surface area contributed by atoms with E-state index in [2.05, 4.69) is 4.72 Å². The molecule has 7 nitrogen and oxygen atoms in total. The molecule has 0 saturated heterocycles. The third-order valence-electron chi connectivity index (χ3n) is 3.19. The molecule has 1 aliphatic rings. The summed E-state index contributed by atoms with van der Waals surface area (Å²) in [5.74, 6) is 0.215. The van der Waals surface area contributed by atoms with Crippen molar-refractivity contribution in [3.8, 4) is 0 Å². The number of nitrogens with one attached hydrogen (secondary N) is 1. The first-order valence-electron chi connectivity index (χ1n) is 5.89. The zero-order valence-electron chi connectivity index (χ0n) is 10.2. The van der Waals surface area contributed by atoms with Gasteiger partial charge in [0, 0.05) is 18.7 Å². The second-order valence-electron chi connectivity index (χ2n) is 4.67. The third kappa shape index (κ3) is 3.09. The van der Waals surface area contributed by atoms with Gasteiger partial charge in [-0.1, -0.05) is 12.1 Å². The highest BCUT2D eigenvalue weighted by atomic mass is 32.2. The number of hydrogen-bond acceptors (Lipinski definition) is 5. The van der Waals surface area contributed by atoms with Crippen LogP contribution in [0.15, 0.2) is 29.2 Å². The van der Waals surface area contributed by atoms with Crippen LogP contribution in [-0.4, -0.2) is 25.9 Å². The van der Waals surface area contributed by atoms with Gasteiger partial charge in [0.05, 0.1) is 4.92 Å². The summed E-state index contributed by atoms with van der Waals surface area (Å²) in [5.41, 5.74) is 5.20. The molecule has 1 aromatic rings. The Balaban J connectivity index is 2.13. The highest BCUT2D eigenvalue weighted by Crippen LogP contribution is 2.26. The average Bonchev–Trinajstić information content (AvgIpc) is 2.33. The first-order chi connectivity index (χ1) is 8.90. The Morgan fingerprint density at radius 2 is 2.00 bits per heavy atom. The van der Waals surface area contributed by atoms with E-state index in [0.29, 0.717) is 0 Å². The van der Waals surface area contributed by atoms with E-state index in [-0.39, 0.29) is 23.4 Å². The minimum absolute atomic E-state index is 0.139. The fourth-order valence-corrected chi connectivity index (χ4v) is 3.38. The molecule has 1 aliphatic carbocycles. The lowest BCUT2D eigenvalue weighted by molar-refractivity contribution is -0.387. The van der Waals surface area contributed by atoms with Crippen molar-refractivity contribution in [2.45, 2.75) is 23.8 Å². The minimum Gasteiger partial charge on any atom is -0.328 e. The number of nitro groups is 1. The molecule has 0 atom stereocenters. The lowest BCUT2D eigenvalue weighted by Crippen LogP contribution is -2.42. The van der Waals surface area contributed by atoms with Gasteiger partial charge in [-0.15, -0.1) is 0 Å². The Labute approximate surface area is 111 Å². The van der Waals surface area contributed by atoms with E-state index >= 15 is 0 Å². The molecule has 0 bridgehead atoms. The summed E-state index contributed by atoms with van der Waals surface area (Å²) in [6.45, 7) is 0.266. The van der Waals surface area contributed by atoms with Gasteiger partial charge in [-0.2, -0.15) is 0 Å². The van der Waals surface area contributed by atoms with Crippen molar-refractivity contribution in [1.82, 2.24) is 4.72 Å². The molecule has 0 aliphatic heterocycles. The third-order valence-corrected chi connectivity index (χ3v) is 4.66. The molecule has 1 saturated carbocycles. The second kappa shape index (κ2) is 5.24. The van der Waals surface area contributed by atoms with Gasteiger partial charge in [0.1, 0.15) is 0 Å². The summed E-state index contributed by atoms with van der Waals surface area (Å²) in [6, 6.07) is 5.43. The van der Waals surface area contributed by atoms with E-state index < -0.39 is 20.6 Å². The monoisotopic (exact) mass is 285 g/mol. The first-order valence-corrected chi connectivity index (χ1v) is 7.37. The topological polar surface area (TPSA) is 115 Å². The number of nitro benzene ring substituents is 1. The molecule has 0 spiro atoms. The van der Waals surface area contributed by atoms with Crippen LogP contribution in [0, 0.1) is 16.0 Å². The van der Waals surface area contributed by atoms with Gasteiger partial charge < -0.3 is 5.73 Å². The quantitative estimate of drug-likeness (QED) is 0.607. The van der Waals surface area contributed by atoms with E-state index in [1.165, 1.54) is 24.3 Å². The molecule has 1 fully saturated rings. The van der Waals surface area contributed by atoms with Gasteiger partial charge in [-0.05, 0) is 24.8 Å². The lowest BCUT2D eigenvalue weighted by Gasteiger charge is -2.32. The zero-order valence-corrected chi connectivity index (χ0v) is 11.0. The number of para-hydroxylation sites is 1. The van der Waals surface area contributed by atoms with Crippen LogP contribution in [0.2, 0.25) is 0 Å². The van der Waals surface area contributed by atoms with E-state index in [9.17, 15) is 18.5 Å². The van der Waals surface area contributed by atoms with Gasteiger partial charge in [0.15, 0.2) is 4.90 Å². The standard InChI is InChI=1S/C11H15N3O4S/c12-9-5-8(6-9)7-13-19(17,18)11-4-2-1-3-10(11)14(15)16/h1-4,8-9,13H,5-7,12H2. The minimum atomic E-state index is -3.86. The Morgan fingerprint density at radius 3 is 2.58 bits per heavy atom. The molecule has 0 unspecified atom stereocenters. The molecular weight excluding hydrogens is 270 g/mol. The van der Waals surface area contributed by atoms with E-state index in [0.717, 1.165) is 12.8 Å². The second-order valence-corrected chi connectivity index (χ2v) is 6.41. The summed E-state index contributed by atoms with van der Waals surface area (Å²) in [5, 5.41) is 10.8. The van der Waals surface area contributed by atoms with Crippen LogP contribution in [0.3, 0.4) is 0 Å². The van der Waals surface area contributed by atoms with Crippen LogP contribution in [0.25, 0.3) is 0 Å². The maximum Gasteiger partial charge on any atom is 0.289 e. The van der Waals surface area contributed by atoms with Crippen LogP contribution < -0.4 is 10.5 Å². The molecule has 2 rings (SSSR count). The molecule has 3 N–H and O–H groups in total. The summed E-state index contributed by atoms with van der Waals surface area (Å²) in [6.07, 6.45) is 1.55. The molecule has 19 heavy (non-hydrogen) atoms. The highest BCUT2D eigenvalue weighted by molar-refractivity contribution is 7.89. The molecule has 104 valence electrons. The fraction of sp³-hybridized carbons (Fsp3) is 0.455. The van der Waals surface area contributed by atoms with Gasteiger partial charge >= 0.3 is 0 Å². The normalized spacial score (nSPS) is 22.8. The fourth-order valence-electron chi connectivity index (χ4n) is 2.09. The molecule has 0 amide bonds. The van der Waals surface area contributed by atoms with Crippen molar-refractivity contribution in [2.24, 2.45) is 11.7 Å². The van der Waals surface area contributed by atoms with E-state index in [4.69, 9.17) is 5.73 Å². The Hall–Kier alpha value is -1.51. The number of sulfonamides is 1. The molecule has 1 aromatic carbocycles. The molecule has 8 heteroatoms. The van der Waals surface area contributed by atoms with Crippen LogP contribution in [0.4, 0.5) is 5.69 Å². The molecule has 0 aromatic heterocycles. The van der Waals surface area contributed by atoms with Crippen molar-refractivity contribution in [3.05, 3.63) is 34.4 Å². The Morgan fingerprint density at radius 1 is 1.37 bits per heavy atom. The van der Waals surface area contributed by atoms with Gasteiger partial charge in [-0.3, -0.25) is 10.1 Å². The van der Waals surface area contributed by atoms with E-state index in [1.54, 1.807) is 0 Å². The number of hydrogen-bond donors (Lipinski definition) is 2. The molecule has 0 heterocycles. The Bertz CT molecular complexity index is 581. The van der Waals surface area contributed by atoms with Crippen LogP contribution in [-0.2, 0) is 10.0 Å². The van der Waals surface area contributed by atoms with Crippen LogP contribution in [0.5, 0.6) is 0 Å². The summed E-state index contributed by atoms with van der Waals surface area (Å²) >= 11 is 0. The van der Waals surface area contributed by atoms with Crippen molar-refractivity contribution in [2.75, 3.05) is 6.54 Å².